The van der Waals surface area contributed by atoms with Gasteiger partial charge >= 0.3 is 0 Å². The van der Waals surface area contributed by atoms with Crippen molar-refractivity contribution in [2.75, 3.05) is 21.3 Å². The van der Waals surface area contributed by atoms with E-state index in [0.29, 0.717) is 5.75 Å². The molecule has 1 fully saturated rings. The van der Waals surface area contributed by atoms with Crippen molar-refractivity contribution in [2.24, 2.45) is 5.92 Å². The van der Waals surface area contributed by atoms with Gasteiger partial charge in [-0.2, -0.15) is 0 Å². The SMILES string of the molecule is COc1cc(CC2CC2)cc(OC)c1OC. The highest BCUT2D eigenvalue weighted by molar-refractivity contribution is 5.53. The summed E-state index contributed by atoms with van der Waals surface area (Å²) in [6, 6.07) is 4.08. The minimum atomic E-state index is 0.671. The minimum absolute atomic E-state index is 0.671. The van der Waals surface area contributed by atoms with E-state index in [0.717, 1.165) is 23.8 Å². The second-order valence-corrected chi connectivity index (χ2v) is 4.18. The molecule has 0 unspecified atom stereocenters. The van der Waals surface area contributed by atoms with Crippen LogP contribution in [0.15, 0.2) is 12.1 Å². The van der Waals surface area contributed by atoms with E-state index in [-0.39, 0.29) is 0 Å². The summed E-state index contributed by atoms with van der Waals surface area (Å²) in [5.41, 5.74) is 1.26. The molecule has 0 N–H and O–H groups in total. The molecule has 1 aliphatic rings. The van der Waals surface area contributed by atoms with Crippen molar-refractivity contribution in [3.63, 3.8) is 0 Å². The second-order valence-electron chi connectivity index (χ2n) is 4.18. The molecule has 0 amide bonds. The van der Waals surface area contributed by atoms with Crippen molar-refractivity contribution in [3.8, 4) is 17.2 Å². The molecule has 3 nitrogen and oxygen atoms in total. The van der Waals surface area contributed by atoms with Crippen molar-refractivity contribution in [1.29, 1.82) is 0 Å². The summed E-state index contributed by atoms with van der Waals surface area (Å²) >= 11 is 0. The molecule has 0 spiro atoms. The maximum absolute atomic E-state index is 5.32. The third-order valence-corrected chi connectivity index (χ3v) is 2.95. The van der Waals surface area contributed by atoms with E-state index in [1.165, 1.54) is 18.4 Å². The van der Waals surface area contributed by atoms with Crippen LogP contribution in [0.1, 0.15) is 18.4 Å². The fourth-order valence-electron chi connectivity index (χ4n) is 1.91. The van der Waals surface area contributed by atoms with Gasteiger partial charge in [-0.15, -0.1) is 0 Å². The highest BCUT2D eigenvalue weighted by Gasteiger charge is 2.23. The van der Waals surface area contributed by atoms with Crippen molar-refractivity contribution in [1.82, 2.24) is 0 Å². The largest absolute Gasteiger partial charge is 0.493 e. The van der Waals surface area contributed by atoms with Crippen molar-refractivity contribution >= 4 is 0 Å². The molecule has 16 heavy (non-hydrogen) atoms. The van der Waals surface area contributed by atoms with Crippen LogP contribution in [0.5, 0.6) is 17.2 Å². The summed E-state index contributed by atoms with van der Waals surface area (Å²) in [4.78, 5) is 0. The topological polar surface area (TPSA) is 27.7 Å². The smallest absolute Gasteiger partial charge is 0.203 e. The minimum Gasteiger partial charge on any atom is -0.493 e. The van der Waals surface area contributed by atoms with Crippen molar-refractivity contribution < 1.29 is 14.2 Å². The van der Waals surface area contributed by atoms with Gasteiger partial charge in [0, 0.05) is 0 Å². The van der Waals surface area contributed by atoms with Gasteiger partial charge < -0.3 is 14.2 Å². The van der Waals surface area contributed by atoms with Gasteiger partial charge in [0.25, 0.3) is 0 Å². The molecule has 1 aromatic carbocycles. The Morgan fingerprint density at radius 1 is 1.00 bits per heavy atom. The first-order chi connectivity index (χ1) is 7.78. The Morgan fingerprint density at radius 2 is 1.56 bits per heavy atom. The van der Waals surface area contributed by atoms with Gasteiger partial charge in [0.1, 0.15) is 0 Å². The molecule has 0 saturated heterocycles. The normalized spacial score (nSPS) is 14.7. The maximum Gasteiger partial charge on any atom is 0.203 e. The summed E-state index contributed by atoms with van der Waals surface area (Å²) in [5, 5.41) is 0. The zero-order valence-corrected chi connectivity index (χ0v) is 10.1. The van der Waals surface area contributed by atoms with Gasteiger partial charge in [0.05, 0.1) is 21.3 Å². The lowest BCUT2D eigenvalue weighted by Crippen LogP contribution is -1.97. The fourth-order valence-corrected chi connectivity index (χ4v) is 1.91. The van der Waals surface area contributed by atoms with Crippen LogP contribution in [-0.4, -0.2) is 21.3 Å². The summed E-state index contributed by atoms with van der Waals surface area (Å²) in [7, 11) is 4.93. The molecule has 0 bridgehead atoms. The van der Waals surface area contributed by atoms with Crippen LogP contribution in [0.2, 0.25) is 0 Å². The average Bonchev–Trinajstić information content (AvgIpc) is 3.11. The Hall–Kier alpha value is -1.38. The Balaban J connectivity index is 2.32. The van der Waals surface area contributed by atoms with Crippen LogP contribution in [-0.2, 0) is 6.42 Å². The molecule has 1 saturated carbocycles. The Bertz CT molecular complexity index is 344. The molecule has 3 heteroatoms. The third-order valence-electron chi connectivity index (χ3n) is 2.95. The zero-order valence-electron chi connectivity index (χ0n) is 10.1. The highest BCUT2D eigenvalue weighted by Crippen LogP contribution is 2.40. The summed E-state index contributed by atoms with van der Waals surface area (Å²) in [5.74, 6) is 3.02. The van der Waals surface area contributed by atoms with Gasteiger partial charge in [-0.25, -0.2) is 0 Å². The Morgan fingerprint density at radius 3 is 1.94 bits per heavy atom. The van der Waals surface area contributed by atoms with E-state index in [9.17, 15) is 0 Å². The summed E-state index contributed by atoms with van der Waals surface area (Å²) in [6.07, 6.45) is 3.80. The number of rotatable bonds is 5. The highest BCUT2D eigenvalue weighted by atomic mass is 16.5. The first-order valence-electron chi connectivity index (χ1n) is 5.57. The van der Waals surface area contributed by atoms with Gasteiger partial charge in [0.15, 0.2) is 11.5 Å². The van der Waals surface area contributed by atoms with E-state index in [4.69, 9.17) is 14.2 Å². The predicted molar refractivity (Wildman–Crippen MR) is 62.5 cm³/mol. The molecular weight excluding hydrogens is 204 g/mol. The van der Waals surface area contributed by atoms with Gasteiger partial charge in [-0.3, -0.25) is 0 Å². The van der Waals surface area contributed by atoms with Crippen molar-refractivity contribution in [2.45, 2.75) is 19.3 Å². The van der Waals surface area contributed by atoms with Crippen LogP contribution in [0.25, 0.3) is 0 Å². The molecule has 0 aromatic heterocycles. The fraction of sp³-hybridized carbons (Fsp3) is 0.538. The van der Waals surface area contributed by atoms with E-state index in [2.05, 4.69) is 0 Å². The lowest BCUT2D eigenvalue weighted by molar-refractivity contribution is 0.323. The van der Waals surface area contributed by atoms with Crippen LogP contribution < -0.4 is 14.2 Å². The summed E-state index contributed by atoms with van der Waals surface area (Å²) < 4.78 is 15.9. The number of benzene rings is 1. The van der Waals surface area contributed by atoms with Crippen LogP contribution in [0.3, 0.4) is 0 Å². The summed E-state index contributed by atoms with van der Waals surface area (Å²) in [6.45, 7) is 0. The lowest BCUT2D eigenvalue weighted by Gasteiger charge is -2.13. The van der Waals surface area contributed by atoms with Crippen LogP contribution >= 0.6 is 0 Å². The molecule has 0 radical (unpaired) electrons. The monoisotopic (exact) mass is 222 g/mol. The molecule has 1 aromatic rings. The van der Waals surface area contributed by atoms with E-state index in [1.54, 1.807) is 21.3 Å². The number of methoxy groups -OCH3 is 3. The van der Waals surface area contributed by atoms with Gasteiger partial charge in [0.2, 0.25) is 5.75 Å². The first-order valence-corrected chi connectivity index (χ1v) is 5.57. The zero-order chi connectivity index (χ0) is 11.5. The number of ether oxygens (including phenoxy) is 3. The maximum atomic E-state index is 5.32. The second kappa shape index (κ2) is 4.64. The van der Waals surface area contributed by atoms with Gasteiger partial charge in [-0.1, -0.05) is 0 Å². The van der Waals surface area contributed by atoms with E-state index < -0.39 is 0 Å². The number of hydrogen-bond acceptors (Lipinski definition) is 3. The van der Waals surface area contributed by atoms with E-state index in [1.807, 2.05) is 12.1 Å². The lowest BCUT2D eigenvalue weighted by atomic mass is 10.1. The Kier molecular flexibility index (Phi) is 3.22. The van der Waals surface area contributed by atoms with Gasteiger partial charge in [-0.05, 0) is 42.9 Å². The predicted octanol–water partition coefficient (Wildman–Crippen LogP) is 2.66. The molecule has 0 atom stereocenters. The molecule has 0 heterocycles. The molecule has 1 aliphatic carbocycles. The van der Waals surface area contributed by atoms with Crippen LogP contribution in [0.4, 0.5) is 0 Å². The molecule has 2 rings (SSSR count). The van der Waals surface area contributed by atoms with E-state index >= 15 is 0 Å². The average molecular weight is 222 g/mol. The quantitative estimate of drug-likeness (QED) is 0.766. The van der Waals surface area contributed by atoms with Crippen LogP contribution in [0, 0.1) is 5.92 Å². The first kappa shape index (κ1) is 11.1. The standard InChI is InChI=1S/C13H18O3/c1-14-11-7-10(6-9-4-5-9)8-12(15-2)13(11)16-3/h7-9H,4-6H2,1-3H3. The molecule has 88 valence electrons. The van der Waals surface area contributed by atoms with Crippen molar-refractivity contribution in [3.05, 3.63) is 17.7 Å². The molecular formula is C13H18O3. The third kappa shape index (κ3) is 2.23. The number of hydrogen-bond donors (Lipinski definition) is 0. The Labute approximate surface area is 96.3 Å². The molecule has 0 aliphatic heterocycles.